The van der Waals surface area contributed by atoms with Gasteiger partial charge in [0.2, 0.25) is 0 Å². The fourth-order valence-corrected chi connectivity index (χ4v) is 3.05. The van der Waals surface area contributed by atoms with Gasteiger partial charge in [-0.15, -0.1) is 0 Å². The molecule has 1 aromatic rings. The Hall–Kier alpha value is -1.75. The van der Waals surface area contributed by atoms with Crippen LogP contribution < -0.4 is 15.4 Å². The molecule has 0 aromatic heterocycles. The molecule has 114 valence electrons. The van der Waals surface area contributed by atoms with Crippen molar-refractivity contribution in [2.45, 2.75) is 50.7 Å². The van der Waals surface area contributed by atoms with E-state index < -0.39 is 6.10 Å². The van der Waals surface area contributed by atoms with Gasteiger partial charge < -0.3 is 20.5 Å². The number of carbonyl (C=O) groups excluding carboxylic acids is 1. The second-order valence-corrected chi connectivity index (χ2v) is 5.83. The van der Waals surface area contributed by atoms with Gasteiger partial charge in [0.1, 0.15) is 5.75 Å². The van der Waals surface area contributed by atoms with Crippen LogP contribution >= 0.6 is 0 Å². The number of hydrogen-bond donors (Lipinski definition) is 3. The number of aryl methyl sites for hydroxylation is 1. The molecule has 2 amide bonds. The molecule has 0 unspecified atom stereocenters. The van der Waals surface area contributed by atoms with Crippen LogP contribution in [-0.2, 0) is 6.42 Å². The molecule has 1 fully saturated rings. The molecule has 2 atom stereocenters. The van der Waals surface area contributed by atoms with E-state index in [1.807, 2.05) is 18.2 Å². The Morgan fingerprint density at radius 2 is 2.10 bits per heavy atom. The molecule has 5 heteroatoms. The van der Waals surface area contributed by atoms with E-state index in [1.54, 1.807) is 0 Å². The third-order valence-corrected chi connectivity index (χ3v) is 4.21. The van der Waals surface area contributed by atoms with Gasteiger partial charge in [-0.25, -0.2) is 4.79 Å². The van der Waals surface area contributed by atoms with Crippen LogP contribution in [0.25, 0.3) is 0 Å². The molecule has 0 spiro atoms. The highest BCUT2D eigenvalue weighted by atomic mass is 16.5. The molecule has 21 heavy (non-hydrogen) atoms. The molecule has 3 rings (SSSR count). The van der Waals surface area contributed by atoms with Gasteiger partial charge in [0.05, 0.1) is 18.8 Å². The van der Waals surface area contributed by atoms with Crippen LogP contribution in [0.3, 0.4) is 0 Å². The topological polar surface area (TPSA) is 70.6 Å². The molecule has 2 aliphatic rings. The Labute approximate surface area is 124 Å². The number of anilines is 1. The van der Waals surface area contributed by atoms with E-state index >= 15 is 0 Å². The lowest BCUT2D eigenvalue weighted by Crippen LogP contribution is -2.46. The zero-order valence-electron chi connectivity index (χ0n) is 12.1. The number of urea groups is 1. The number of nitrogens with one attached hydrogen (secondary N) is 2. The SMILES string of the molecule is O=C(Nc1ccc2c(c1)CCCO2)N[C@@H]1CCCC[C@H]1O. The first kappa shape index (κ1) is 14.2. The summed E-state index contributed by atoms with van der Waals surface area (Å²) in [5.41, 5.74) is 1.90. The molecule has 3 N–H and O–H groups in total. The normalized spacial score (nSPS) is 24.6. The molecule has 5 nitrogen and oxygen atoms in total. The average molecular weight is 290 g/mol. The predicted molar refractivity (Wildman–Crippen MR) is 80.7 cm³/mol. The smallest absolute Gasteiger partial charge is 0.319 e. The van der Waals surface area contributed by atoms with Crippen LogP contribution in [0.2, 0.25) is 0 Å². The second-order valence-electron chi connectivity index (χ2n) is 5.83. The minimum absolute atomic E-state index is 0.139. The first-order chi connectivity index (χ1) is 10.2. The highest BCUT2D eigenvalue weighted by Gasteiger charge is 2.24. The lowest BCUT2D eigenvalue weighted by molar-refractivity contribution is 0.0955. The van der Waals surface area contributed by atoms with Crippen LogP contribution in [0.4, 0.5) is 10.5 Å². The van der Waals surface area contributed by atoms with Gasteiger partial charge in [0, 0.05) is 5.69 Å². The minimum Gasteiger partial charge on any atom is -0.493 e. The third-order valence-electron chi connectivity index (χ3n) is 4.21. The quantitative estimate of drug-likeness (QED) is 0.783. The number of hydrogen-bond acceptors (Lipinski definition) is 3. The zero-order chi connectivity index (χ0) is 14.7. The Morgan fingerprint density at radius 1 is 1.24 bits per heavy atom. The van der Waals surface area contributed by atoms with Crippen LogP contribution in [0.15, 0.2) is 18.2 Å². The summed E-state index contributed by atoms with van der Waals surface area (Å²) in [7, 11) is 0. The van der Waals surface area contributed by atoms with E-state index in [4.69, 9.17) is 4.74 Å². The van der Waals surface area contributed by atoms with E-state index in [9.17, 15) is 9.90 Å². The molecular formula is C16H22N2O3. The van der Waals surface area contributed by atoms with Crippen LogP contribution in [-0.4, -0.2) is 29.9 Å². The summed E-state index contributed by atoms with van der Waals surface area (Å²) in [6, 6.07) is 5.32. The molecule has 1 saturated carbocycles. The summed E-state index contributed by atoms with van der Waals surface area (Å²) >= 11 is 0. The summed E-state index contributed by atoms with van der Waals surface area (Å²) in [4.78, 5) is 12.0. The molecule has 1 aromatic carbocycles. The lowest BCUT2D eigenvalue weighted by Gasteiger charge is -2.28. The standard InChI is InChI=1S/C16H22N2O3/c19-14-6-2-1-5-13(14)18-16(20)17-12-7-8-15-11(10-12)4-3-9-21-15/h7-8,10,13-14,19H,1-6,9H2,(H2,17,18,20)/t13-,14-/m1/s1. The molecule has 0 bridgehead atoms. The van der Waals surface area contributed by atoms with Crippen molar-refractivity contribution < 1.29 is 14.6 Å². The Kier molecular flexibility index (Phi) is 4.29. The van der Waals surface area contributed by atoms with Gasteiger partial charge in [-0.1, -0.05) is 12.8 Å². The molecular weight excluding hydrogens is 268 g/mol. The monoisotopic (exact) mass is 290 g/mol. The number of fused-ring (bicyclic) bond motifs is 1. The van der Waals surface area contributed by atoms with Crippen LogP contribution in [0, 0.1) is 0 Å². The highest BCUT2D eigenvalue weighted by Crippen LogP contribution is 2.27. The van der Waals surface area contributed by atoms with Crippen molar-refractivity contribution in [1.82, 2.24) is 5.32 Å². The maximum Gasteiger partial charge on any atom is 0.319 e. The molecule has 0 saturated heterocycles. The first-order valence-corrected chi connectivity index (χ1v) is 7.74. The van der Waals surface area contributed by atoms with Crippen molar-refractivity contribution in [3.63, 3.8) is 0 Å². The number of aliphatic hydroxyl groups is 1. The van der Waals surface area contributed by atoms with E-state index in [-0.39, 0.29) is 12.1 Å². The summed E-state index contributed by atoms with van der Waals surface area (Å²) in [5.74, 6) is 0.912. The lowest BCUT2D eigenvalue weighted by atomic mass is 9.93. The average Bonchev–Trinajstić information content (AvgIpc) is 2.49. The summed E-state index contributed by atoms with van der Waals surface area (Å²) < 4.78 is 5.56. The minimum atomic E-state index is -0.429. The van der Waals surface area contributed by atoms with Crippen molar-refractivity contribution in [3.8, 4) is 5.75 Å². The number of carbonyl (C=O) groups is 1. The van der Waals surface area contributed by atoms with Gasteiger partial charge >= 0.3 is 6.03 Å². The third kappa shape index (κ3) is 3.47. The van der Waals surface area contributed by atoms with Crippen molar-refractivity contribution in [2.75, 3.05) is 11.9 Å². The van der Waals surface area contributed by atoms with Crippen molar-refractivity contribution in [1.29, 1.82) is 0 Å². The van der Waals surface area contributed by atoms with Crippen LogP contribution in [0.5, 0.6) is 5.75 Å². The molecule has 0 radical (unpaired) electrons. The maximum absolute atomic E-state index is 12.0. The van der Waals surface area contributed by atoms with Crippen molar-refractivity contribution in [3.05, 3.63) is 23.8 Å². The van der Waals surface area contributed by atoms with Crippen molar-refractivity contribution in [2.24, 2.45) is 0 Å². The zero-order valence-corrected chi connectivity index (χ0v) is 12.1. The van der Waals surface area contributed by atoms with E-state index in [0.29, 0.717) is 0 Å². The largest absolute Gasteiger partial charge is 0.493 e. The second kappa shape index (κ2) is 6.35. The first-order valence-electron chi connectivity index (χ1n) is 7.74. The summed E-state index contributed by atoms with van der Waals surface area (Å²) in [6.45, 7) is 0.764. The molecule has 1 heterocycles. The van der Waals surface area contributed by atoms with E-state index in [0.717, 1.165) is 62.1 Å². The van der Waals surface area contributed by atoms with Gasteiger partial charge in [0.15, 0.2) is 0 Å². The van der Waals surface area contributed by atoms with E-state index in [1.165, 1.54) is 0 Å². The predicted octanol–water partition coefficient (Wildman–Crippen LogP) is 2.44. The van der Waals surface area contributed by atoms with Gasteiger partial charge in [-0.3, -0.25) is 0 Å². The molecule has 1 aliphatic heterocycles. The Bertz CT molecular complexity index is 518. The van der Waals surface area contributed by atoms with Gasteiger partial charge in [-0.2, -0.15) is 0 Å². The fraction of sp³-hybridized carbons (Fsp3) is 0.562. The molecule has 1 aliphatic carbocycles. The number of benzene rings is 1. The number of rotatable bonds is 2. The van der Waals surface area contributed by atoms with Crippen molar-refractivity contribution >= 4 is 11.7 Å². The maximum atomic E-state index is 12.0. The number of aliphatic hydroxyl groups excluding tert-OH is 1. The summed E-state index contributed by atoms with van der Waals surface area (Å²) in [5, 5.41) is 15.6. The van der Waals surface area contributed by atoms with Crippen LogP contribution in [0.1, 0.15) is 37.7 Å². The fourth-order valence-electron chi connectivity index (χ4n) is 3.05. The van der Waals surface area contributed by atoms with Gasteiger partial charge in [-0.05, 0) is 49.4 Å². The Morgan fingerprint density at radius 3 is 2.95 bits per heavy atom. The van der Waals surface area contributed by atoms with Gasteiger partial charge in [0.25, 0.3) is 0 Å². The van der Waals surface area contributed by atoms with E-state index in [2.05, 4.69) is 10.6 Å². The number of amides is 2. The highest BCUT2D eigenvalue weighted by molar-refractivity contribution is 5.89. The summed E-state index contributed by atoms with van der Waals surface area (Å²) in [6.07, 6.45) is 5.25. The Balaban J connectivity index is 1.59. The number of ether oxygens (including phenoxy) is 1.